The van der Waals surface area contributed by atoms with Gasteiger partial charge in [0.15, 0.2) is 5.69 Å². The number of hydrazone groups is 1. The first kappa shape index (κ1) is 23.2. The van der Waals surface area contributed by atoms with Gasteiger partial charge in [0.2, 0.25) is 11.6 Å². The zero-order chi connectivity index (χ0) is 24.8. The Bertz CT molecular complexity index is 1330. The molecular formula is C22H23N9O4. The normalized spacial score (nSPS) is 10.9. The summed E-state index contributed by atoms with van der Waals surface area (Å²) in [6.45, 7) is 0.249. The summed E-state index contributed by atoms with van der Waals surface area (Å²) < 4.78 is 16.6. The van der Waals surface area contributed by atoms with Gasteiger partial charge in [-0.15, -0.1) is 5.10 Å². The topological polar surface area (TPSA) is 159 Å². The fraction of sp³-hybridized carbons (Fsp3) is 0.182. The van der Waals surface area contributed by atoms with Crippen molar-refractivity contribution in [3.8, 4) is 17.3 Å². The van der Waals surface area contributed by atoms with Gasteiger partial charge >= 0.3 is 0 Å². The minimum atomic E-state index is -0.583. The van der Waals surface area contributed by atoms with Crippen LogP contribution in [0.1, 0.15) is 21.7 Å². The number of nitrogens with two attached hydrogens (primary N) is 1. The molecule has 0 unspecified atom stereocenters. The highest BCUT2D eigenvalue weighted by Crippen LogP contribution is 2.23. The van der Waals surface area contributed by atoms with Gasteiger partial charge in [0.25, 0.3) is 5.91 Å². The van der Waals surface area contributed by atoms with E-state index in [1.165, 1.54) is 18.0 Å². The summed E-state index contributed by atoms with van der Waals surface area (Å²) in [6.07, 6.45) is 1.44. The Hall–Kier alpha value is -4.94. The van der Waals surface area contributed by atoms with Gasteiger partial charge in [-0.1, -0.05) is 23.4 Å². The second kappa shape index (κ2) is 10.3. The van der Waals surface area contributed by atoms with Gasteiger partial charge in [-0.05, 0) is 40.6 Å². The third kappa shape index (κ3) is 5.03. The molecule has 0 aliphatic rings. The number of aromatic nitrogens is 5. The summed E-state index contributed by atoms with van der Waals surface area (Å²) in [5.74, 6) is 0.729. The number of ether oxygens (including phenoxy) is 2. The van der Waals surface area contributed by atoms with Gasteiger partial charge in [-0.25, -0.2) is 10.1 Å². The van der Waals surface area contributed by atoms with Crippen LogP contribution in [0, 0.1) is 0 Å². The molecule has 0 atom stereocenters. The lowest BCUT2D eigenvalue weighted by atomic mass is 10.2. The van der Waals surface area contributed by atoms with E-state index < -0.39 is 5.91 Å². The number of carbonyl (C=O) groups excluding carboxylic acids is 1. The molecule has 35 heavy (non-hydrogen) atoms. The fourth-order valence-corrected chi connectivity index (χ4v) is 3.28. The molecule has 4 aromatic rings. The Balaban J connectivity index is 1.61. The third-order valence-electron chi connectivity index (χ3n) is 5.06. The molecule has 4 rings (SSSR count). The van der Waals surface area contributed by atoms with Crippen LogP contribution in [-0.2, 0) is 6.54 Å². The van der Waals surface area contributed by atoms with Crippen LogP contribution in [0.25, 0.3) is 5.82 Å². The van der Waals surface area contributed by atoms with Gasteiger partial charge in [-0.3, -0.25) is 4.79 Å². The van der Waals surface area contributed by atoms with Crippen LogP contribution in [0.5, 0.6) is 11.5 Å². The van der Waals surface area contributed by atoms with E-state index in [2.05, 4.69) is 31.2 Å². The average molecular weight is 477 g/mol. The van der Waals surface area contributed by atoms with Crippen LogP contribution in [0.15, 0.2) is 58.3 Å². The lowest BCUT2D eigenvalue weighted by Gasteiger charge is -2.19. The number of carbonyl (C=O) groups is 1. The summed E-state index contributed by atoms with van der Waals surface area (Å²) in [5.41, 5.74) is 10.3. The van der Waals surface area contributed by atoms with E-state index >= 15 is 0 Å². The number of hydrogen-bond acceptors (Lipinski definition) is 11. The smallest absolute Gasteiger partial charge is 0.293 e. The predicted octanol–water partition coefficient (Wildman–Crippen LogP) is 1.65. The van der Waals surface area contributed by atoms with Crippen LogP contribution in [0.3, 0.4) is 0 Å². The molecule has 0 saturated carbocycles. The molecule has 13 heteroatoms. The van der Waals surface area contributed by atoms with Crippen molar-refractivity contribution in [3.63, 3.8) is 0 Å². The number of nitrogen functional groups attached to an aromatic ring is 1. The van der Waals surface area contributed by atoms with E-state index in [1.807, 2.05) is 42.3 Å². The van der Waals surface area contributed by atoms with Crippen molar-refractivity contribution in [2.75, 3.05) is 31.9 Å². The molecule has 0 bridgehead atoms. The van der Waals surface area contributed by atoms with Crippen LogP contribution in [0.4, 0.5) is 11.5 Å². The molecule has 0 spiro atoms. The van der Waals surface area contributed by atoms with E-state index in [9.17, 15) is 4.79 Å². The van der Waals surface area contributed by atoms with Crippen molar-refractivity contribution in [2.24, 2.45) is 5.10 Å². The standard InChI is InChI=1S/C22H23N9O4/c1-30(15-7-5-4-6-8-15)13-17-19(25-29-31(17)21-20(23)27-35-28-21)22(32)26-24-12-14-11-16(33-2)9-10-18(14)34-3/h4-12H,13H2,1-3H3,(H2,23,27)(H,26,32)/b24-12+. The molecule has 2 heterocycles. The van der Waals surface area contributed by atoms with Gasteiger partial charge in [0.05, 0.1) is 32.7 Å². The quantitative estimate of drug-likeness (QED) is 0.268. The number of rotatable bonds is 9. The summed E-state index contributed by atoms with van der Waals surface area (Å²) >= 11 is 0. The zero-order valence-corrected chi connectivity index (χ0v) is 19.2. The van der Waals surface area contributed by atoms with E-state index in [1.54, 1.807) is 25.3 Å². The second-order valence-corrected chi connectivity index (χ2v) is 7.27. The average Bonchev–Trinajstić information content (AvgIpc) is 3.49. The first-order chi connectivity index (χ1) is 17.0. The molecule has 0 fully saturated rings. The Morgan fingerprint density at radius 2 is 2.00 bits per heavy atom. The Morgan fingerprint density at radius 3 is 2.69 bits per heavy atom. The number of nitrogens with one attached hydrogen (secondary N) is 1. The Morgan fingerprint density at radius 1 is 1.20 bits per heavy atom. The number of methoxy groups -OCH3 is 2. The van der Waals surface area contributed by atoms with Crippen molar-refractivity contribution in [1.29, 1.82) is 0 Å². The molecule has 0 aliphatic carbocycles. The molecule has 3 N–H and O–H groups in total. The van der Waals surface area contributed by atoms with Gasteiger partial charge < -0.3 is 20.1 Å². The fourth-order valence-electron chi connectivity index (χ4n) is 3.28. The third-order valence-corrected chi connectivity index (χ3v) is 5.06. The number of para-hydroxylation sites is 1. The highest BCUT2D eigenvalue weighted by Gasteiger charge is 2.25. The summed E-state index contributed by atoms with van der Waals surface area (Å²) in [4.78, 5) is 14.9. The van der Waals surface area contributed by atoms with Gasteiger partial charge in [0.1, 0.15) is 11.5 Å². The maximum absolute atomic E-state index is 13.0. The molecule has 2 aromatic heterocycles. The van der Waals surface area contributed by atoms with Crippen LogP contribution < -0.4 is 25.5 Å². The molecular weight excluding hydrogens is 454 g/mol. The van der Waals surface area contributed by atoms with Crippen molar-refractivity contribution < 1.29 is 18.9 Å². The van der Waals surface area contributed by atoms with Crippen LogP contribution in [0.2, 0.25) is 0 Å². The molecule has 1 amide bonds. The summed E-state index contributed by atoms with van der Waals surface area (Å²) in [5, 5.41) is 19.5. The maximum Gasteiger partial charge on any atom is 0.293 e. The van der Waals surface area contributed by atoms with Crippen LogP contribution >= 0.6 is 0 Å². The van der Waals surface area contributed by atoms with Gasteiger partial charge in [-0.2, -0.15) is 9.78 Å². The predicted molar refractivity (Wildman–Crippen MR) is 127 cm³/mol. The second-order valence-electron chi connectivity index (χ2n) is 7.27. The number of anilines is 2. The minimum absolute atomic E-state index is 0.00798. The molecule has 0 radical (unpaired) electrons. The molecule has 0 aliphatic heterocycles. The van der Waals surface area contributed by atoms with Crippen molar-refractivity contribution in [2.45, 2.75) is 6.54 Å². The first-order valence-corrected chi connectivity index (χ1v) is 10.4. The lowest BCUT2D eigenvalue weighted by Crippen LogP contribution is -2.24. The number of benzene rings is 2. The zero-order valence-electron chi connectivity index (χ0n) is 19.2. The SMILES string of the molecule is COc1ccc(OC)c(/C=N/NC(=O)c2nnn(-c3nonc3N)c2CN(C)c2ccccc2)c1. The monoisotopic (exact) mass is 477 g/mol. The maximum atomic E-state index is 13.0. The van der Waals surface area contributed by atoms with Crippen molar-refractivity contribution in [3.05, 3.63) is 65.5 Å². The first-order valence-electron chi connectivity index (χ1n) is 10.4. The van der Waals surface area contributed by atoms with E-state index in [0.717, 1.165) is 5.69 Å². The lowest BCUT2D eigenvalue weighted by molar-refractivity contribution is 0.0949. The Labute approximate surface area is 200 Å². The van der Waals surface area contributed by atoms with Crippen molar-refractivity contribution in [1.82, 2.24) is 30.7 Å². The number of amides is 1. The van der Waals surface area contributed by atoms with E-state index in [0.29, 0.717) is 22.8 Å². The highest BCUT2D eigenvalue weighted by atomic mass is 16.6. The largest absolute Gasteiger partial charge is 0.497 e. The van der Waals surface area contributed by atoms with Crippen LogP contribution in [-0.4, -0.2) is 58.7 Å². The Kier molecular flexibility index (Phi) is 6.86. The highest BCUT2D eigenvalue weighted by molar-refractivity contribution is 5.94. The number of nitrogens with zero attached hydrogens (tertiary/aromatic N) is 7. The number of hydrogen-bond donors (Lipinski definition) is 2. The van der Waals surface area contributed by atoms with E-state index in [-0.39, 0.29) is 23.9 Å². The summed E-state index contributed by atoms with van der Waals surface area (Å²) in [6, 6.07) is 14.8. The molecule has 13 nitrogen and oxygen atoms in total. The summed E-state index contributed by atoms with van der Waals surface area (Å²) in [7, 11) is 4.96. The van der Waals surface area contributed by atoms with Gasteiger partial charge in [0, 0.05) is 18.3 Å². The molecule has 2 aromatic carbocycles. The minimum Gasteiger partial charge on any atom is -0.497 e. The van der Waals surface area contributed by atoms with E-state index in [4.69, 9.17) is 19.8 Å². The molecule has 180 valence electrons. The molecule has 0 saturated heterocycles. The van der Waals surface area contributed by atoms with Crippen molar-refractivity contribution >= 4 is 23.6 Å².